The molecule has 0 aliphatic rings. The van der Waals surface area contributed by atoms with Crippen LogP contribution in [0.5, 0.6) is 0 Å². The van der Waals surface area contributed by atoms with Gasteiger partial charge in [0.1, 0.15) is 0 Å². The third-order valence-corrected chi connectivity index (χ3v) is 4.56. The van der Waals surface area contributed by atoms with Crippen LogP contribution in [0, 0.1) is 13.8 Å². The maximum Gasteiger partial charge on any atom is 0.0624 e. The van der Waals surface area contributed by atoms with Gasteiger partial charge in [0.15, 0.2) is 0 Å². The van der Waals surface area contributed by atoms with Gasteiger partial charge in [-0.05, 0) is 49.6 Å². The number of aryl methyl sites for hydroxylation is 2. The van der Waals surface area contributed by atoms with Crippen molar-refractivity contribution in [1.29, 1.82) is 0 Å². The molecule has 1 atom stereocenters. The van der Waals surface area contributed by atoms with Gasteiger partial charge in [-0.15, -0.1) is 0 Å². The van der Waals surface area contributed by atoms with E-state index in [0.717, 1.165) is 18.5 Å². The fourth-order valence-corrected chi connectivity index (χ4v) is 3.08. The van der Waals surface area contributed by atoms with Crippen LogP contribution in [0.15, 0.2) is 36.4 Å². The van der Waals surface area contributed by atoms with Crippen molar-refractivity contribution in [3.05, 3.63) is 68.7 Å². The standard InChI is InChI=1S/C18H21Cl2N/c1-4-21-17(15-9-8-12(2)10-13(15)3)11-14-6-5-7-16(19)18(14)20/h5-10,17,21H,4,11H2,1-3H3. The van der Waals surface area contributed by atoms with Crippen LogP contribution in [0.25, 0.3) is 0 Å². The van der Waals surface area contributed by atoms with Gasteiger partial charge in [-0.25, -0.2) is 0 Å². The number of hydrogen-bond donors (Lipinski definition) is 1. The molecule has 0 aliphatic heterocycles. The molecular weight excluding hydrogens is 301 g/mol. The first-order valence-corrected chi connectivity index (χ1v) is 8.02. The summed E-state index contributed by atoms with van der Waals surface area (Å²) in [6.45, 7) is 7.31. The normalized spacial score (nSPS) is 12.4. The number of likely N-dealkylation sites (N-methyl/N-ethyl adjacent to an activating group) is 1. The summed E-state index contributed by atoms with van der Waals surface area (Å²) in [5.74, 6) is 0. The third-order valence-electron chi connectivity index (χ3n) is 3.71. The molecule has 112 valence electrons. The number of hydrogen-bond acceptors (Lipinski definition) is 1. The Morgan fingerprint density at radius 3 is 2.52 bits per heavy atom. The van der Waals surface area contributed by atoms with E-state index >= 15 is 0 Å². The summed E-state index contributed by atoms with van der Waals surface area (Å²) >= 11 is 12.5. The summed E-state index contributed by atoms with van der Waals surface area (Å²) in [7, 11) is 0. The van der Waals surface area contributed by atoms with Crippen molar-refractivity contribution < 1.29 is 0 Å². The van der Waals surface area contributed by atoms with Crippen LogP contribution in [-0.2, 0) is 6.42 Å². The minimum absolute atomic E-state index is 0.242. The van der Waals surface area contributed by atoms with Gasteiger partial charge in [-0.3, -0.25) is 0 Å². The molecule has 1 N–H and O–H groups in total. The predicted octanol–water partition coefficient (Wildman–Crippen LogP) is 5.50. The summed E-state index contributed by atoms with van der Waals surface area (Å²) in [6.07, 6.45) is 0.830. The SMILES string of the molecule is CCNC(Cc1cccc(Cl)c1Cl)c1ccc(C)cc1C. The number of rotatable bonds is 5. The smallest absolute Gasteiger partial charge is 0.0624 e. The van der Waals surface area contributed by atoms with Crippen molar-refractivity contribution in [3.8, 4) is 0 Å². The molecular formula is C18H21Cl2N. The van der Waals surface area contributed by atoms with Crippen molar-refractivity contribution in [1.82, 2.24) is 5.32 Å². The Hall–Kier alpha value is -1.02. The highest BCUT2D eigenvalue weighted by atomic mass is 35.5. The van der Waals surface area contributed by atoms with Crippen molar-refractivity contribution in [2.75, 3.05) is 6.54 Å². The fourth-order valence-electron chi connectivity index (χ4n) is 2.68. The largest absolute Gasteiger partial charge is 0.310 e. The molecule has 21 heavy (non-hydrogen) atoms. The predicted molar refractivity (Wildman–Crippen MR) is 92.5 cm³/mol. The Morgan fingerprint density at radius 1 is 1.10 bits per heavy atom. The molecule has 0 fully saturated rings. The minimum atomic E-state index is 0.242. The first-order valence-electron chi connectivity index (χ1n) is 7.26. The molecule has 0 saturated heterocycles. The van der Waals surface area contributed by atoms with Crippen LogP contribution < -0.4 is 5.32 Å². The molecule has 0 spiro atoms. The molecule has 0 heterocycles. The maximum atomic E-state index is 6.33. The zero-order chi connectivity index (χ0) is 15.4. The van der Waals surface area contributed by atoms with Crippen LogP contribution in [0.1, 0.15) is 35.2 Å². The molecule has 0 amide bonds. The van der Waals surface area contributed by atoms with E-state index in [1.165, 1.54) is 16.7 Å². The van der Waals surface area contributed by atoms with Crippen molar-refractivity contribution in [3.63, 3.8) is 0 Å². The zero-order valence-electron chi connectivity index (χ0n) is 12.7. The summed E-state index contributed by atoms with van der Waals surface area (Å²) in [5, 5.41) is 4.83. The average molecular weight is 322 g/mol. The van der Waals surface area contributed by atoms with E-state index in [1.807, 2.05) is 18.2 Å². The Labute approximate surface area is 137 Å². The molecule has 3 heteroatoms. The van der Waals surface area contributed by atoms with Gasteiger partial charge < -0.3 is 5.32 Å². The Balaban J connectivity index is 2.33. The van der Waals surface area contributed by atoms with E-state index in [0.29, 0.717) is 10.0 Å². The van der Waals surface area contributed by atoms with Gasteiger partial charge in [0.05, 0.1) is 10.0 Å². The zero-order valence-corrected chi connectivity index (χ0v) is 14.2. The first kappa shape index (κ1) is 16.4. The molecule has 2 aromatic carbocycles. The molecule has 0 aromatic heterocycles. The summed E-state index contributed by atoms with van der Waals surface area (Å²) in [5.41, 5.74) is 4.99. The topological polar surface area (TPSA) is 12.0 Å². The van der Waals surface area contributed by atoms with Crippen LogP contribution in [0.3, 0.4) is 0 Å². The van der Waals surface area contributed by atoms with E-state index < -0.39 is 0 Å². The number of nitrogens with one attached hydrogen (secondary N) is 1. The molecule has 1 nitrogen and oxygen atoms in total. The number of halogens is 2. The minimum Gasteiger partial charge on any atom is -0.310 e. The van der Waals surface area contributed by atoms with Crippen molar-refractivity contribution >= 4 is 23.2 Å². The fraction of sp³-hybridized carbons (Fsp3) is 0.333. The van der Waals surface area contributed by atoms with E-state index in [2.05, 4.69) is 44.3 Å². The lowest BCUT2D eigenvalue weighted by Gasteiger charge is -2.21. The average Bonchev–Trinajstić information content (AvgIpc) is 2.43. The van der Waals surface area contributed by atoms with Gasteiger partial charge in [0.2, 0.25) is 0 Å². The molecule has 0 bridgehead atoms. The van der Waals surface area contributed by atoms with Crippen LogP contribution in [-0.4, -0.2) is 6.54 Å². The molecule has 0 saturated carbocycles. The molecule has 2 aromatic rings. The van der Waals surface area contributed by atoms with Gasteiger partial charge in [-0.1, -0.05) is 66.0 Å². The quantitative estimate of drug-likeness (QED) is 0.766. The molecule has 0 aliphatic carbocycles. The lowest BCUT2D eigenvalue weighted by molar-refractivity contribution is 0.547. The van der Waals surface area contributed by atoms with Gasteiger partial charge in [0.25, 0.3) is 0 Å². The van der Waals surface area contributed by atoms with Gasteiger partial charge in [0, 0.05) is 6.04 Å². The summed E-state index contributed by atoms with van der Waals surface area (Å²) in [4.78, 5) is 0. The van der Waals surface area contributed by atoms with E-state index in [1.54, 1.807) is 0 Å². The van der Waals surface area contributed by atoms with Crippen LogP contribution >= 0.6 is 23.2 Å². The van der Waals surface area contributed by atoms with Crippen molar-refractivity contribution in [2.24, 2.45) is 0 Å². The maximum absolute atomic E-state index is 6.33. The van der Waals surface area contributed by atoms with Crippen molar-refractivity contribution in [2.45, 2.75) is 33.2 Å². The summed E-state index contributed by atoms with van der Waals surface area (Å²) < 4.78 is 0. The van der Waals surface area contributed by atoms with Gasteiger partial charge in [-0.2, -0.15) is 0 Å². The third kappa shape index (κ3) is 4.00. The summed E-state index contributed by atoms with van der Waals surface area (Å²) in [6, 6.07) is 12.7. The van der Waals surface area contributed by atoms with E-state index in [9.17, 15) is 0 Å². The van der Waals surface area contributed by atoms with Crippen LogP contribution in [0.4, 0.5) is 0 Å². The molecule has 1 unspecified atom stereocenters. The van der Waals surface area contributed by atoms with Crippen LogP contribution in [0.2, 0.25) is 10.0 Å². The molecule has 0 radical (unpaired) electrons. The second-order valence-corrected chi connectivity index (χ2v) is 6.17. The molecule has 2 rings (SSSR count). The highest BCUT2D eigenvalue weighted by Gasteiger charge is 2.16. The Morgan fingerprint density at radius 2 is 1.86 bits per heavy atom. The highest BCUT2D eigenvalue weighted by molar-refractivity contribution is 6.42. The lowest BCUT2D eigenvalue weighted by Crippen LogP contribution is -2.24. The van der Waals surface area contributed by atoms with E-state index in [-0.39, 0.29) is 6.04 Å². The monoisotopic (exact) mass is 321 g/mol. The lowest BCUT2D eigenvalue weighted by atomic mass is 9.94. The second-order valence-electron chi connectivity index (χ2n) is 5.39. The first-order chi connectivity index (χ1) is 10.0. The number of benzene rings is 2. The Bertz CT molecular complexity index is 623. The second kappa shape index (κ2) is 7.31. The van der Waals surface area contributed by atoms with Gasteiger partial charge >= 0.3 is 0 Å². The Kier molecular flexibility index (Phi) is 5.69. The van der Waals surface area contributed by atoms with E-state index in [4.69, 9.17) is 23.2 Å². The highest BCUT2D eigenvalue weighted by Crippen LogP contribution is 2.30.